The van der Waals surface area contributed by atoms with Crippen LogP contribution in [0.5, 0.6) is 0 Å². The molecular weight excluding hydrogens is 295 g/mol. The summed E-state index contributed by atoms with van der Waals surface area (Å²) in [5.74, 6) is 0.729. The molecule has 1 aromatic rings. The van der Waals surface area contributed by atoms with Crippen LogP contribution in [0, 0.1) is 5.92 Å². The largest absolute Gasteiger partial charge is 0.417 e. The number of rotatable bonds is 4. The van der Waals surface area contributed by atoms with Gasteiger partial charge in [-0.1, -0.05) is 22.0 Å². The number of hydrogen-bond donors (Lipinski definition) is 1. The molecule has 94 valence electrons. The van der Waals surface area contributed by atoms with Crippen LogP contribution >= 0.6 is 15.9 Å². The van der Waals surface area contributed by atoms with Gasteiger partial charge in [-0.15, -0.1) is 0 Å². The Kier molecular flexibility index (Phi) is 3.78. The molecule has 0 spiro atoms. The summed E-state index contributed by atoms with van der Waals surface area (Å²) in [6.45, 7) is 1.39. The zero-order valence-corrected chi connectivity index (χ0v) is 10.7. The van der Waals surface area contributed by atoms with E-state index in [4.69, 9.17) is 0 Å². The van der Waals surface area contributed by atoms with E-state index in [0.29, 0.717) is 12.1 Å². The third-order valence-electron chi connectivity index (χ3n) is 2.80. The lowest BCUT2D eigenvalue weighted by Gasteiger charge is -2.11. The van der Waals surface area contributed by atoms with Crippen molar-refractivity contribution < 1.29 is 13.2 Å². The molecule has 0 heterocycles. The van der Waals surface area contributed by atoms with Crippen molar-refractivity contribution in [3.05, 3.63) is 33.8 Å². The second-order valence-electron chi connectivity index (χ2n) is 4.39. The summed E-state index contributed by atoms with van der Waals surface area (Å²) in [5.41, 5.74) is 0.0596. The zero-order chi connectivity index (χ0) is 12.5. The average molecular weight is 308 g/mol. The number of alkyl halides is 3. The third kappa shape index (κ3) is 3.71. The van der Waals surface area contributed by atoms with Crippen LogP contribution in [0.3, 0.4) is 0 Å². The molecule has 0 unspecified atom stereocenters. The average Bonchev–Trinajstić information content (AvgIpc) is 3.03. The van der Waals surface area contributed by atoms with E-state index in [1.807, 2.05) is 0 Å². The maximum absolute atomic E-state index is 12.6. The Balaban J connectivity index is 2.01. The number of nitrogens with one attached hydrogen (secondary N) is 1. The molecule has 1 fully saturated rings. The summed E-state index contributed by atoms with van der Waals surface area (Å²) in [6, 6.07) is 4.36. The number of halogens is 4. The summed E-state index contributed by atoms with van der Waals surface area (Å²) in [7, 11) is 0. The van der Waals surface area contributed by atoms with Crippen molar-refractivity contribution in [2.45, 2.75) is 25.6 Å². The second-order valence-corrected chi connectivity index (χ2v) is 5.24. The second kappa shape index (κ2) is 4.98. The standard InChI is InChI=1S/C12H13BrF3N/c13-11-4-3-9(5-10(11)12(14,15)16)7-17-6-8-1-2-8/h3-5,8,17H,1-2,6-7H2. The van der Waals surface area contributed by atoms with Crippen molar-refractivity contribution in [3.63, 3.8) is 0 Å². The summed E-state index contributed by atoms with van der Waals surface area (Å²) in [5, 5.41) is 3.18. The highest BCUT2D eigenvalue weighted by Crippen LogP contribution is 2.35. The van der Waals surface area contributed by atoms with Gasteiger partial charge >= 0.3 is 6.18 Å². The number of benzene rings is 1. The van der Waals surface area contributed by atoms with Crippen LogP contribution in [0.25, 0.3) is 0 Å². The molecule has 17 heavy (non-hydrogen) atoms. The van der Waals surface area contributed by atoms with E-state index >= 15 is 0 Å². The van der Waals surface area contributed by atoms with Gasteiger partial charge in [-0.2, -0.15) is 13.2 Å². The zero-order valence-electron chi connectivity index (χ0n) is 9.15. The minimum atomic E-state index is -4.30. The summed E-state index contributed by atoms with van der Waals surface area (Å²) in [4.78, 5) is 0. The Morgan fingerprint density at radius 3 is 2.59 bits per heavy atom. The first kappa shape index (κ1) is 12.9. The van der Waals surface area contributed by atoms with Crippen molar-refractivity contribution in [2.24, 2.45) is 5.92 Å². The van der Waals surface area contributed by atoms with Crippen LogP contribution < -0.4 is 5.32 Å². The molecule has 0 radical (unpaired) electrons. The van der Waals surface area contributed by atoms with Gasteiger partial charge in [0.1, 0.15) is 0 Å². The molecule has 0 aromatic heterocycles. The van der Waals surface area contributed by atoms with Gasteiger partial charge in [0, 0.05) is 11.0 Å². The van der Waals surface area contributed by atoms with E-state index in [9.17, 15) is 13.2 Å². The molecule has 2 rings (SSSR count). The van der Waals surface area contributed by atoms with E-state index in [0.717, 1.165) is 12.5 Å². The van der Waals surface area contributed by atoms with Gasteiger partial charge in [-0.25, -0.2) is 0 Å². The van der Waals surface area contributed by atoms with Crippen LogP contribution in [0.4, 0.5) is 13.2 Å². The van der Waals surface area contributed by atoms with E-state index < -0.39 is 11.7 Å². The fourth-order valence-corrected chi connectivity index (χ4v) is 2.11. The molecule has 1 nitrogen and oxygen atoms in total. The predicted molar refractivity (Wildman–Crippen MR) is 63.6 cm³/mol. The van der Waals surface area contributed by atoms with Crippen molar-refractivity contribution in [2.75, 3.05) is 6.54 Å². The first-order chi connectivity index (χ1) is 7.97. The molecule has 0 bridgehead atoms. The Hall–Kier alpha value is -0.550. The van der Waals surface area contributed by atoms with Gasteiger partial charge in [-0.3, -0.25) is 0 Å². The molecule has 1 aliphatic carbocycles. The van der Waals surface area contributed by atoms with Crippen LogP contribution in [-0.4, -0.2) is 6.54 Å². The molecule has 0 saturated heterocycles. The number of hydrogen-bond acceptors (Lipinski definition) is 1. The van der Waals surface area contributed by atoms with Gasteiger partial charge in [0.2, 0.25) is 0 Å². The summed E-state index contributed by atoms with van der Waals surface area (Å²) < 4.78 is 38.0. The molecule has 1 aromatic carbocycles. The minimum absolute atomic E-state index is 0.0935. The molecule has 0 aliphatic heterocycles. The topological polar surface area (TPSA) is 12.0 Å². The van der Waals surface area contributed by atoms with E-state index in [1.54, 1.807) is 6.07 Å². The van der Waals surface area contributed by atoms with Crippen molar-refractivity contribution in [3.8, 4) is 0 Å². The lowest BCUT2D eigenvalue weighted by Crippen LogP contribution is -2.17. The van der Waals surface area contributed by atoms with Crippen LogP contribution in [0.1, 0.15) is 24.0 Å². The summed E-state index contributed by atoms with van der Waals surface area (Å²) >= 11 is 2.93. The first-order valence-electron chi connectivity index (χ1n) is 5.53. The Labute approximate surface area is 107 Å². The van der Waals surface area contributed by atoms with Gasteiger partial charge in [0.05, 0.1) is 5.56 Å². The van der Waals surface area contributed by atoms with Crippen molar-refractivity contribution >= 4 is 15.9 Å². The first-order valence-corrected chi connectivity index (χ1v) is 6.32. The maximum atomic E-state index is 12.6. The fraction of sp³-hybridized carbons (Fsp3) is 0.500. The molecule has 1 N–H and O–H groups in total. The van der Waals surface area contributed by atoms with Crippen molar-refractivity contribution in [1.82, 2.24) is 5.32 Å². The van der Waals surface area contributed by atoms with Crippen LogP contribution in [0.2, 0.25) is 0 Å². The smallest absolute Gasteiger partial charge is 0.312 e. The quantitative estimate of drug-likeness (QED) is 0.887. The molecule has 0 amide bonds. The van der Waals surface area contributed by atoms with E-state index in [-0.39, 0.29) is 4.47 Å². The lowest BCUT2D eigenvalue weighted by atomic mass is 10.1. The summed E-state index contributed by atoms with van der Waals surface area (Å²) in [6.07, 6.45) is -1.83. The molecular formula is C12H13BrF3N. The highest BCUT2D eigenvalue weighted by molar-refractivity contribution is 9.10. The molecule has 1 saturated carbocycles. The lowest BCUT2D eigenvalue weighted by molar-refractivity contribution is -0.138. The monoisotopic (exact) mass is 307 g/mol. The van der Waals surface area contributed by atoms with Crippen molar-refractivity contribution in [1.29, 1.82) is 0 Å². The maximum Gasteiger partial charge on any atom is 0.417 e. The van der Waals surface area contributed by atoms with Crippen LogP contribution in [-0.2, 0) is 12.7 Å². The predicted octanol–water partition coefficient (Wildman–Crippen LogP) is 3.97. The van der Waals surface area contributed by atoms with Gasteiger partial charge in [-0.05, 0) is 43.0 Å². The van der Waals surface area contributed by atoms with Gasteiger partial charge in [0.25, 0.3) is 0 Å². The fourth-order valence-electron chi connectivity index (χ4n) is 1.64. The van der Waals surface area contributed by atoms with Gasteiger partial charge < -0.3 is 5.32 Å². The highest BCUT2D eigenvalue weighted by atomic mass is 79.9. The Morgan fingerprint density at radius 1 is 1.29 bits per heavy atom. The highest BCUT2D eigenvalue weighted by Gasteiger charge is 2.33. The SMILES string of the molecule is FC(F)(F)c1cc(CNCC2CC2)ccc1Br. The molecule has 1 aliphatic rings. The normalized spacial score (nSPS) is 16.2. The van der Waals surface area contributed by atoms with Gasteiger partial charge in [0.15, 0.2) is 0 Å². The molecule has 5 heteroatoms. The van der Waals surface area contributed by atoms with Crippen LogP contribution in [0.15, 0.2) is 22.7 Å². The van der Waals surface area contributed by atoms with E-state index in [1.165, 1.54) is 25.0 Å². The Morgan fingerprint density at radius 2 is 2.00 bits per heavy atom. The third-order valence-corrected chi connectivity index (χ3v) is 3.49. The molecule has 0 atom stereocenters. The Bertz CT molecular complexity index is 399. The van der Waals surface area contributed by atoms with E-state index in [2.05, 4.69) is 21.2 Å². The minimum Gasteiger partial charge on any atom is -0.312 e.